The highest BCUT2D eigenvalue weighted by molar-refractivity contribution is 5.85. The Morgan fingerprint density at radius 1 is 1.12 bits per heavy atom. The van der Waals surface area contributed by atoms with Gasteiger partial charge in [-0.05, 0) is 36.8 Å². The quantitative estimate of drug-likeness (QED) is 0.550. The van der Waals surface area contributed by atoms with Crippen molar-refractivity contribution in [3.63, 3.8) is 0 Å². The molecule has 2 aromatic heterocycles. The fraction of sp³-hybridized carbons (Fsp3) is 0.158. The number of aromatic hydroxyl groups is 1. The van der Waals surface area contributed by atoms with Gasteiger partial charge in [0.1, 0.15) is 11.3 Å². The lowest BCUT2D eigenvalue weighted by molar-refractivity contribution is 0.468. The number of aromatic nitrogens is 1. The average Bonchev–Trinajstić information content (AvgIpc) is 2.90. The zero-order valence-corrected chi connectivity index (χ0v) is 14.2. The number of anilines is 1. The first-order chi connectivity index (χ1) is 12.4. The maximum Gasteiger partial charge on any atom is 0.419 e. The number of benzene rings is 2. The Bertz CT molecular complexity index is 1260. The van der Waals surface area contributed by atoms with E-state index in [1.165, 1.54) is 10.6 Å². The van der Waals surface area contributed by atoms with Gasteiger partial charge in [0, 0.05) is 42.4 Å². The summed E-state index contributed by atoms with van der Waals surface area (Å²) in [5.74, 6) is -0.339. The minimum Gasteiger partial charge on any atom is -0.508 e. The third-order valence-electron chi connectivity index (χ3n) is 4.49. The molecule has 4 aromatic rings. The molecule has 0 aliphatic rings. The number of nitrogens with zero attached hydrogens (tertiary/aromatic N) is 1. The molecule has 0 radical (unpaired) electrons. The van der Waals surface area contributed by atoms with Crippen molar-refractivity contribution in [1.29, 1.82) is 0 Å². The summed E-state index contributed by atoms with van der Waals surface area (Å²) < 4.78 is 11.9. The van der Waals surface area contributed by atoms with Crippen molar-refractivity contribution in [3.8, 4) is 5.75 Å². The summed E-state index contributed by atoms with van der Waals surface area (Å²) in [6.07, 6.45) is 0. The molecule has 0 unspecified atom stereocenters. The molecule has 2 N–H and O–H groups in total. The van der Waals surface area contributed by atoms with Gasteiger partial charge in [0.25, 0.3) is 0 Å². The van der Waals surface area contributed by atoms with Crippen LogP contribution in [-0.2, 0) is 13.6 Å². The van der Waals surface area contributed by atoms with Crippen molar-refractivity contribution in [2.24, 2.45) is 7.05 Å². The maximum absolute atomic E-state index is 11.9. The van der Waals surface area contributed by atoms with Gasteiger partial charge in [-0.2, -0.15) is 0 Å². The van der Waals surface area contributed by atoms with Crippen LogP contribution >= 0.6 is 0 Å². The van der Waals surface area contributed by atoms with E-state index in [1.54, 1.807) is 38.2 Å². The molecular weight excluding hydrogens is 336 g/mol. The average molecular weight is 352 g/mol. The highest BCUT2D eigenvalue weighted by Gasteiger charge is 2.11. The standard InChI is InChI=1S/C19H16N2O5/c1-10-15(22)6-4-13-11(7-17(23)26-18(10)13)9-20-12-3-5-14-16(8-12)25-19(24)21(14)2/h3-8,20,22H,9H2,1-2H3. The van der Waals surface area contributed by atoms with E-state index in [4.69, 9.17) is 8.83 Å². The van der Waals surface area contributed by atoms with Gasteiger partial charge in [0.05, 0.1) is 5.52 Å². The van der Waals surface area contributed by atoms with Crippen LogP contribution in [0.1, 0.15) is 11.1 Å². The highest BCUT2D eigenvalue weighted by Crippen LogP contribution is 2.28. The van der Waals surface area contributed by atoms with Gasteiger partial charge in [-0.15, -0.1) is 0 Å². The Morgan fingerprint density at radius 3 is 2.73 bits per heavy atom. The van der Waals surface area contributed by atoms with E-state index in [0.717, 1.165) is 16.6 Å². The Balaban J connectivity index is 1.71. The van der Waals surface area contributed by atoms with Crippen molar-refractivity contribution >= 4 is 27.8 Å². The van der Waals surface area contributed by atoms with E-state index in [0.29, 0.717) is 28.8 Å². The van der Waals surface area contributed by atoms with Crippen molar-refractivity contribution in [3.05, 3.63) is 68.5 Å². The third kappa shape index (κ3) is 2.54. The normalized spacial score (nSPS) is 11.3. The number of oxazole rings is 1. The summed E-state index contributed by atoms with van der Waals surface area (Å²) >= 11 is 0. The molecule has 2 aromatic carbocycles. The van der Waals surface area contributed by atoms with Crippen LogP contribution < -0.4 is 16.7 Å². The summed E-state index contributed by atoms with van der Waals surface area (Å²) in [4.78, 5) is 23.4. The first kappa shape index (κ1) is 16.0. The lowest BCUT2D eigenvalue weighted by atomic mass is 10.1. The van der Waals surface area contributed by atoms with Crippen LogP contribution in [0.5, 0.6) is 5.75 Å². The monoisotopic (exact) mass is 352 g/mol. The van der Waals surface area contributed by atoms with Crippen LogP contribution in [0.2, 0.25) is 0 Å². The predicted molar refractivity (Wildman–Crippen MR) is 97.7 cm³/mol. The van der Waals surface area contributed by atoms with Gasteiger partial charge in [-0.25, -0.2) is 9.59 Å². The molecule has 7 nitrogen and oxygen atoms in total. The smallest absolute Gasteiger partial charge is 0.419 e. The fourth-order valence-corrected chi connectivity index (χ4v) is 3.00. The Morgan fingerprint density at radius 2 is 1.92 bits per heavy atom. The van der Waals surface area contributed by atoms with Crippen molar-refractivity contribution in [2.75, 3.05) is 5.32 Å². The molecule has 0 saturated heterocycles. The number of rotatable bonds is 3. The molecule has 7 heteroatoms. The number of phenols is 1. The molecule has 132 valence electrons. The predicted octanol–water partition coefficient (Wildman–Crippen LogP) is 2.86. The number of aryl methyl sites for hydroxylation is 2. The van der Waals surface area contributed by atoms with Crippen LogP contribution in [-0.4, -0.2) is 9.67 Å². The summed E-state index contributed by atoms with van der Waals surface area (Å²) in [7, 11) is 1.65. The van der Waals surface area contributed by atoms with Crippen molar-refractivity contribution in [2.45, 2.75) is 13.5 Å². The van der Waals surface area contributed by atoms with E-state index < -0.39 is 11.4 Å². The zero-order chi connectivity index (χ0) is 18.4. The maximum atomic E-state index is 11.9. The van der Waals surface area contributed by atoms with Crippen LogP contribution in [0.3, 0.4) is 0 Å². The van der Waals surface area contributed by atoms with E-state index in [2.05, 4.69) is 5.32 Å². The number of hydrogen-bond donors (Lipinski definition) is 2. The first-order valence-corrected chi connectivity index (χ1v) is 8.03. The van der Waals surface area contributed by atoms with E-state index in [-0.39, 0.29) is 5.75 Å². The fourth-order valence-electron chi connectivity index (χ4n) is 3.00. The highest BCUT2D eigenvalue weighted by atomic mass is 16.4. The molecule has 0 saturated carbocycles. The molecule has 0 atom stereocenters. The molecule has 2 heterocycles. The Hall–Kier alpha value is -3.48. The van der Waals surface area contributed by atoms with Crippen molar-refractivity contribution < 1.29 is 13.9 Å². The van der Waals surface area contributed by atoms with E-state index in [1.807, 2.05) is 6.07 Å². The second-order valence-electron chi connectivity index (χ2n) is 6.14. The lowest BCUT2D eigenvalue weighted by Crippen LogP contribution is -2.08. The molecule has 0 aliphatic heterocycles. The van der Waals surface area contributed by atoms with E-state index in [9.17, 15) is 14.7 Å². The van der Waals surface area contributed by atoms with E-state index >= 15 is 0 Å². The molecule has 0 amide bonds. The summed E-state index contributed by atoms with van der Waals surface area (Å²) in [5, 5.41) is 13.8. The summed E-state index contributed by atoms with van der Waals surface area (Å²) in [6, 6.07) is 10.1. The SMILES string of the molecule is Cc1c(O)ccc2c(CNc3ccc4c(c3)oc(=O)n4C)cc(=O)oc12. The number of phenolic OH excluding ortho intramolecular Hbond substituents is 1. The topological polar surface area (TPSA) is 97.6 Å². The molecular formula is C19H16N2O5. The van der Waals surface area contributed by atoms with Crippen LogP contribution in [0.25, 0.3) is 22.1 Å². The molecule has 0 aliphatic carbocycles. The second kappa shape index (κ2) is 5.80. The van der Waals surface area contributed by atoms with Gasteiger partial charge in [0.2, 0.25) is 0 Å². The van der Waals surface area contributed by atoms with Gasteiger partial charge in [-0.1, -0.05) is 0 Å². The van der Waals surface area contributed by atoms with Gasteiger partial charge in [0.15, 0.2) is 5.58 Å². The Kier molecular flexibility index (Phi) is 3.57. The molecule has 0 spiro atoms. The number of fused-ring (bicyclic) bond motifs is 2. The lowest BCUT2D eigenvalue weighted by Gasteiger charge is -2.10. The minimum atomic E-state index is -0.479. The van der Waals surface area contributed by atoms with Crippen LogP contribution in [0, 0.1) is 6.92 Å². The Labute approximate surface area is 147 Å². The minimum absolute atomic E-state index is 0.0790. The molecule has 0 fully saturated rings. The second-order valence-corrected chi connectivity index (χ2v) is 6.14. The number of hydrogen-bond acceptors (Lipinski definition) is 6. The molecule has 4 rings (SSSR count). The van der Waals surface area contributed by atoms with Crippen molar-refractivity contribution in [1.82, 2.24) is 4.57 Å². The molecule has 26 heavy (non-hydrogen) atoms. The first-order valence-electron chi connectivity index (χ1n) is 8.03. The van der Waals surface area contributed by atoms with Gasteiger partial charge < -0.3 is 19.3 Å². The summed E-state index contributed by atoms with van der Waals surface area (Å²) in [5.41, 5.74) is 3.11. The van der Waals surface area contributed by atoms with Gasteiger partial charge >= 0.3 is 11.4 Å². The third-order valence-corrected chi connectivity index (χ3v) is 4.49. The van der Waals surface area contributed by atoms with Gasteiger partial charge in [-0.3, -0.25) is 4.57 Å². The van der Waals surface area contributed by atoms with Crippen LogP contribution in [0.4, 0.5) is 5.69 Å². The summed E-state index contributed by atoms with van der Waals surface area (Å²) in [6.45, 7) is 2.07. The largest absolute Gasteiger partial charge is 0.508 e. The zero-order valence-electron chi connectivity index (χ0n) is 14.2. The number of nitrogens with one attached hydrogen (secondary N) is 1. The molecule has 0 bridgehead atoms. The van der Waals surface area contributed by atoms with Crippen LogP contribution in [0.15, 0.2) is 54.8 Å².